The maximum Gasteiger partial charge on any atom is 0.303 e. The number of imidazole rings is 2. The van der Waals surface area contributed by atoms with Crippen molar-refractivity contribution >= 4 is 38.7 Å². The number of fused-ring (bicyclic) bond motifs is 3. The van der Waals surface area contributed by atoms with Crippen molar-refractivity contribution in [1.29, 1.82) is 5.26 Å². The molecule has 0 radical (unpaired) electrons. The van der Waals surface area contributed by atoms with E-state index in [1.54, 1.807) is 12.1 Å². The SMILES string of the molecule is Cn1c(CCC(=O)O)c(Br)n2c3ccc(C#N)cc3nc12. The van der Waals surface area contributed by atoms with Gasteiger partial charge in [0.05, 0.1) is 34.8 Å². The molecule has 0 amide bonds. The Morgan fingerprint density at radius 3 is 2.95 bits per heavy atom. The number of aromatic nitrogens is 3. The number of halogens is 1. The topological polar surface area (TPSA) is 83.3 Å². The molecule has 0 bridgehead atoms. The van der Waals surface area contributed by atoms with Gasteiger partial charge in [-0.2, -0.15) is 5.26 Å². The zero-order chi connectivity index (χ0) is 15.1. The molecular formula is C14H11BrN4O2. The molecule has 6 nitrogen and oxygen atoms in total. The normalized spacial score (nSPS) is 11.1. The molecule has 0 fully saturated rings. The van der Waals surface area contributed by atoms with E-state index in [0.717, 1.165) is 21.3 Å². The maximum absolute atomic E-state index is 10.8. The molecule has 0 aliphatic carbocycles. The molecule has 3 aromatic rings. The van der Waals surface area contributed by atoms with E-state index in [9.17, 15) is 4.79 Å². The van der Waals surface area contributed by atoms with E-state index in [1.165, 1.54) is 0 Å². The average Bonchev–Trinajstić information content (AvgIpc) is 2.93. The second kappa shape index (κ2) is 4.90. The molecular weight excluding hydrogens is 336 g/mol. The van der Waals surface area contributed by atoms with Crippen LogP contribution in [0.1, 0.15) is 17.7 Å². The lowest BCUT2D eigenvalue weighted by Crippen LogP contribution is -2.02. The fourth-order valence-corrected chi connectivity index (χ4v) is 3.25. The molecule has 0 saturated heterocycles. The molecule has 1 aromatic carbocycles. The Bertz CT molecular complexity index is 917. The minimum Gasteiger partial charge on any atom is -0.481 e. The zero-order valence-corrected chi connectivity index (χ0v) is 12.8. The molecule has 0 saturated carbocycles. The number of rotatable bonds is 3. The van der Waals surface area contributed by atoms with Gasteiger partial charge in [-0.25, -0.2) is 4.98 Å². The van der Waals surface area contributed by atoms with E-state index in [1.807, 2.05) is 22.1 Å². The maximum atomic E-state index is 10.8. The fraction of sp³-hybridized carbons (Fsp3) is 0.214. The fourth-order valence-electron chi connectivity index (χ4n) is 2.44. The molecule has 2 aromatic heterocycles. The first-order valence-corrected chi connectivity index (χ1v) is 7.09. The number of nitrogens with zero attached hydrogens (tertiary/aromatic N) is 4. The Hall–Kier alpha value is -2.33. The minimum atomic E-state index is -0.829. The van der Waals surface area contributed by atoms with Crippen LogP contribution in [0.5, 0.6) is 0 Å². The first-order chi connectivity index (χ1) is 10.0. The summed E-state index contributed by atoms with van der Waals surface area (Å²) in [7, 11) is 1.86. The van der Waals surface area contributed by atoms with Crippen LogP contribution in [-0.2, 0) is 18.3 Å². The van der Waals surface area contributed by atoms with Crippen LogP contribution in [0.4, 0.5) is 0 Å². The van der Waals surface area contributed by atoms with E-state index in [-0.39, 0.29) is 6.42 Å². The Balaban J connectivity index is 2.22. The van der Waals surface area contributed by atoms with Gasteiger partial charge in [-0.15, -0.1) is 0 Å². The molecule has 3 rings (SSSR count). The summed E-state index contributed by atoms with van der Waals surface area (Å²) in [6.07, 6.45) is 0.490. The molecule has 0 aliphatic rings. The van der Waals surface area contributed by atoms with Crippen LogP contribution >= 0.6 is 15.9 Å². The van der Waals surface area contributed by atoms with Crippen LogP contribution in [0.25, 0.3) is 16.8 Å². The van der Waals surface area contributed by atoms with Crippen LogP contribution in [0.15, 0.2) is 22.8 Å². The van der Waals surface area contributed by atoms with Gasteiger partial charge in [0.25, 0.3) is 0 Å². The van der Waals surface area contributed by atoms with Crippen LogP contribution in [-0.4, -0.2) is 25.0 Å². The molecule has 21 heavy (non-hydrogen) atoms. The largest absolute Gasteiger partial charge is 0.481 e. The van der Waals surface area contributed by atoms with Crippen molar-refractivity contribution in [1.82, 2.24) is 14.0 Å². The summed E-state index contributed by atoms with van der Waals surface area (Å²) < 4.78 is 4.60. The number of carbonyl (C=O) groups is 1. The average molecular weight is 347 g/mol. The summed E-state index contributed by atoms with van der Waals surface area (Å²) in [5.74, 6) is -0.114. The van der Waals surface area contributed by atoms with Gasteiger partial charge in [0.15, 0.2) is 0 Å². The van der Waals surface area contributed by atoms with Crippen molar-refractivity contribution in [2.75, 3.05) is 0 Å². The van der Waals surface area contributed by atoms with Gasteiger partial charge in [0.1, 0.15) is 4.60 Å². The van der Waals surface area contributed by atoms with Crippen LogP contribution in [0, 0.1) is 11.3 Å². The standard InChI is InChI=1S/C14H11BrN4O2/c1-18-11(4-5-12(20)21)13(15)19-10-3-2-8(7-16)6-9(10)17-14(18)19/h2-3,6H,4-5H2,1H3,(H,20,21). The highest BCUT2D eigenvalue weighted by Gasteiger charge is 2.18. The Morgan fingerprint density at radius 2 is 2.29 bits per heavy atom. The number of hydrogen-bond acceptors (Lipinski definition) is 3. The molecule has 2 heterocycles. The second-order valence-electron chi connectivity index (χ2n) is 4.75. The first kappa shape index (κ1) is 13.6. The third-order valence-corrected chi connectivity index (χ3v) is 4.29. The van der Waals surface area contributed by atoms with Crippen LogP contribution < -0.4 is 0 Å². The summed E-state index contributed by atoms with van der Waals surface area (Å²) in [6.45, 7) is 0. The summed E-state index contributed by atoms with van der Waals surface area (Å²) in [6, 6.07) is 7.43. The van der Waals surface area contributed by atoms with Crippen LogP contribution in [0.3, 0.4) is 0 Å². The number of carboxylic acids is 1. The summed E-state index contributed by atoms with van der Waals surface area (Å²) in [4.78, 5) is 15.3. The number of aryl methyl sites for hydroxylation is 1. The summed E-state index contributed by atoms with van der Waals surface area (Å²) >= 11 is 3.53. The van der Waals surface area contributed by atoms with Gasteiger partial charge in [-0.05, 0) is 34.1 Å². The van der Waals surface area contributed by atoms with E-state index in [4.69, 9.17) is 10.4 Å². The van der Waals surface area contributed by atoms with E-state index in [0.29, 0.717) is 17.8 Å². The minimum absolute atomic E-state index is 0.0656. The number of aliphatic carboxylic acids is 1. The van der Waals surface area contributed by atoms with Crippen molar-refractivity contribution in [3.05, 3.63) is 34.1 Å². The highest BCUT2D eigenvalue weighted by molar-refractivity contribution is 9.10. The lowest BCUT2D eigenvalue weighted by Gasteiger charge is -2.01. The van der Waals surface area contributed by atoms with E-state index in [2.05, 4.69) is 27.0 Å². The predicted octanol–water partition coefficient (Wildman–Crippen LogP) is 2.48. The predicted molar refractivity (Wildman–Crippen MR) is 80.0 cm³/mol. The Labute approximate surface area is 128 Å². The molecule has 106 valence electrons. The van der Waals surface area contributed by atoms with Gasteiger partial charge >= 0.3 is 5.97 Å². The number of carboxylic acid groups (broad SMARTS) is 1. The van der Waals surface area contributed by atoms with E-state index < -0.39 is 5.97 Å². The van der Waals surface area contributed by atoms with Crippen molar-refractivity contribution in [3.63, 3.8) is 0 Å². The summed E-state index contributed by atoms with van der Waals surface area (Å²) in [5.41, 5.74) is 3.07. The third-order valence-electron chi connectivity index (χ3n) is 3.48. The Morgan fingerprint density at radius 1 is 1.52 bits per heavy atom. The lowest BCUT2D eigenvalue weighted by molar-refractivity contribution is -0.136. The first-order valence-electron chi connectivity index (χ1n) is 6.30. The zero-order valence-electron chi connectivity index (χ0n) is 11.2. The number of benzene rings is 1. The third kappa shape index (κ3) is 2.08. The molecule has 0 atom stereocenters. The van der Waals surface area contributed by atoms with Gasteiger partial charge in [0.2, 0.25) is 5.78 Å². The van der Waals surface area contributed by atoms with Crippen molar-refractivity contribution in [3.8, 4) is 6.07 Å². The monoisotopic (exact) mass is 346 g/mol. The van der Waals surface area contributed by atoms with Crippen molar-refractivity contribution in [2.45, 2.75) is 12.8 Å². The molecule has 0 unspecified atom stereocenters. The highest BCUT2D eigenvalue weighted by atomic mass is 79.9. The van der Waals surface area contributed by atoms with Gasteiger partial charge in [-0.1, -0.05) is 0 Å². The number of nitriles is 1. The smallest absolute Gasteiger partial charge is 0.303 e. The molecule has 1 N–H and O–H groups in total. The van der Waals surface area contributed by atoms with Crippen LogP contribution in [0.2, 0.25) is 0 Å². The lowest BCUT2D eigenvalue weighted by atomic mass is 10.2. The second-order valence-corrected chi connectivity index (χ2v) is 5.50. The van der Waals surface area contributed by atoms with Gasteiger partial charge < -0.3 is 9.67 Å². The molecule has 0 spiro atoms. The van der Waals surface area contributed by atoms with E-state index >= 15 is 0 Å². The molecule has 0 aliphatic heterocycles. The van der Waals surface area contributed by atoms with Gasteiger partial charge in [0, 0.05) is 13.5 Å². The quantitative estimate of drug-likeness (QED) is 0.789. The molecule has 7 heteroatoms. The summed E-state index contributed by atoms with van der Waals surface area (Å²) in [5, 5.41) is 17.8. The van der Waals surface area contributed by atoms with Crippen molar-refractivity contribution < 1.29 is 9.90 Å². The highest BCUT2D eigenvalue weighted by Crippen LogP contribution is 2.28. The number of hydrogen-bond donors (Lipinski definition) is 1. The van der Waals surface area contributed by atoms with Gasteiger partial charge in [-0.3, -0.25) is 9.20 Å². The van der Waals surface area contributed by atoms with Crippen molar-refractivity contribution in [2.24, 2.45) is 7.05 Å². The Kier molecular flexibility index (Phi) is 3.18.